The molecule has 0 aliphatic heterocycles. The topological polar surface area (TPSA) is 131 Å². The maximum Gasteiger partial charge on any atom is 0.404 e. The van der Waals surface area contributed by atoms with Crippen LogP contribution in [0.3, 0.4) is 0 Å². The molecule has 1 amide bonds. The first-order valence-corrected chi connectivity index (χ1v) is 11.8. The third kappa shape index (κ3) is 2.73. The molecule has 0 unspecified atom stereocenters. The number of hydrogen-bond acceptors (Lipinski definition) is 6. The number of amides is 1. The summed E-state index contributed by atoms with van der Waals surface area (Å²) in [4.78, 5) is 15.7. The quantitative estimate of drug-likeness (QED) is 0.486. The van der Waals surface area contributed by atoms with Gasteiger partial charge < -0.3 is 10.4 Å². The fourth-order valence-electron chi connectivity index (χ4n) is 5.12. The highest BCUT2D eigenvalue weighted by Gasteiger charge is 2.56. The minimum absolute atomic E-state index is 0.0505. The lowest BCUT2D eigenvalue weighted by molar-refractivity contribution is 0.188. The molecule has 4 aromatic rings. The Hall–Kier alpha value is -3.47. The molecule has 32 heavy (non-hydrogen) atoms. The average molecular weight is 452 g/mol. The van der Waals surface area contributed by atoms with E-state index < -0.39 is 16.1 Å². The monoisotopic (exact) mass is 452 g/mol. The summed E-state index contributed by atoms with van der Waals surface area (Å²) in [6.07, 6.45) is 3.60. The van der Waals surface area contributed by atoms with Crippen LogP contribution in [0, 0.1) is 18.8 Å². The summed E-state index contributed by atoms with van der Waals surface area (Å²) in [6.45, 7) is 1.90. The largest absolute Gasteiger partial charge is 0.465 e. The highest BCUT2D eigenvalue weighted by Crippen LogP contribution is 2.59. The molecule has 3 heterocycles. The van der Waals surface area contributed by atoms with Crippen LogP contribution in [-0.2, 0) is 10.0 Å². The second-order valence-electron chi connectivity index (χ2n) is 8.61. The fraction of sp³-hybridized carbons (Fsp3) is 0.333. The van der Waals surface area contributed by atoms with E-state index >= 15 is 0 Å². The first-order valence-electron chi connectivity index (χ1n) is 10.4. The Labute approximate surface area is 183 Å². The Bertz CT molecular complexity index is 1490. The minimum Gasteiger partial charge on any atom is -0.465 e. The molecule has 1 aromatic carbocycles. The van der Waals surface area contributed by atoms with Gasteiger partial charge in [0.25, 0.3) is 10.0 Å². The third-order valence-electron chi connectivity index (χ3n) is 6.71. The van der Waals surface area contributed by atoms with Crippen LogP contribution >= 0.6 is 0 Å². The van der Waals surface area contributed by atoms with E-state index in [-0.39, 0.29) is 16.9 Å². The summed E-state index contributed by atoms with van der Waals surface area (Å²) in [6, 6.07) is 8.30. The second-order valence-corrected chi connectivity index (χ2v) is 10.4. The Morgan fingerprint density at radius 3 is 2.66 bits per heavy atom. The van der Waals surface area contributed by atoms with Crippen molar-refractivity contribution in [1.82, 2.24) is 28.9 Å². The zero-order valence-corrected chi connectivity index (χ0v) is 17.9. The van der Waals surface area contributed by atoms with Gasteiger partial charge in [-0.2, -0.15) is 0 Å². The van der Waals surface area contributed by atoms with Gasteiger partial charge in [-0.25, -0.2) is 22.2 Å². The number of aryl methyl sites for hydroxylation is 1. The van der Waals surface area contributed by atoms with E-state index in [4.69, 9.17) is 5.11 Å². The summed E-state index contributed by atoms with van der Waals surface area (Å²) >= 11 is 0. The molecule has 2 fully saturated rings. The predicted octanol–water partition coefficient (Wildman–Crippen LogP) is 2.38. The van der Waals surface area contributed by atoms with Gasteiger partial charge >= 0.3 is 6.09 Å². The van der Waals surface area contributed by atoms with Crippen molar-refractivity contribution in [1.29, 1.82) is 0 Å². The Kier molecular flexibility index (Phi) is 3.92. The molecule has 0 bridgehead atoms. The molecule has 4 atom stereocenters. The van der Waals surface area contributed by atoms with E-state index in [1.807, 2.05) is 11.3 Å². The maximum absolute atomic E-state index is 13.3. The molecule has 0 saturated heterocycles. The lowest BCUT2D eigenvalue weighted by Gasteiger charge is -2.15. The number of hydrogen-bond donors (Lipinski definition) is 2. The van der Waals surface area contributed by atoms with E-state index in [0.717, 1.165) is 17.8 Å². The fourth-order valence-corrected chi connectivity index (χ4v) is 6.41. The number of rotatable bonds is 4. The van der Waals surface area contributed by atoms with Gasteiger partial charge in [-0.1, -0.05) is 17.7 Å². The molecule has 11 heteroatoms. The molecule has 0 radical (unpaired) electrons. The van der Waals surface area contributed by atoms with Crippen LogP contribution in [-0.4, -0.2) is 49.2 Å². The molecule has 164 valence electrons. The van der Waals surface area contributed by atoms with Crippen molar-refractivity contribution in [3.8, 4) is 0 Å². The number of nitrogens with zero attached hydrogens (tertiary/aromatic N) is 5. The van der Waals surface area contributed by atoms with Crippen molar-refractivity contribution in [3.63, 3.8) is 0 Å². The first-order chi connectivity index (χ1) is 15.3. The van der Waals surface area contributed by atoms with Gasteiger partial charge in [-0.3, -0.25) is 4.40 Å². The summed E-state index contributed by atoms with van der Waals surface area (Å²) in [7, 11) is -3.82. The maximum atomic E-state index is 13.3. The van der Waals surface area contributed by atoms with E-state index in [9.17, 15) is 13.2 Å². The van der Waals surface area contributed by atoms with Crippen LogP contribution in [0.2, 0.25) is 0 Å². The molecular formula is C21H20N6O4S. The van der Waals surface area contributed by atoms with Gasteiger partial charge in [0.1, 0.15) is 5.82 Å². The average Bonchev–Trinajstić information content (AvgIpc) is 3.06. The summed E-state index contributed by atoms with van der Waals surface area (Å²) < 4.78 is 29.6. The Balaban J connectivity index is 1.46. The van der Waals surface area contributed by atoms with Gasteiger partial charge in [0.2, 0.25) is 0 Å². The lowest BCUT2D eigenvalue weighted by atomic mass is 10.0. The normalized spacial score (nSPS) is 24.7. The number of benzene rings is 1. The van der Waals surface area contributed by atoms with Crippen LogP contribution in [0.15, 0.2) is 47.6 Å². The van der Waals surface area contributed by atoms with E-state index in [0.29, 0.717) is 35.1 Å². The van der Waals surface area contributed by atoms with Crippen molar-refractivity contribution in [2.24, 2.45) is 11.8 Å². The van der Waals surface area contributed by atoms with Gasteiger partial charge in [-0.05, 0) is 49.8 Å². The van der Waals surface area contributed by atoms with Crippen LogP contribution in [0.5, 0.6) is 0 Å². The van der Waals surface area contributed by atoms with Crippen molar-refractivity contribution in [3.05, 3.63) is 54.1 Å². The molecule has 2 N–H and O–H groups in total. The molecule has 6 rings (SSSR count). The smallest absolute Gasteiger partial charge is 0.404 e. The molecular weight excluding hydrogens is 432 g/mol. The number of fused-ring (bicyclic) bond motifs is 4. The van der Waals surface area contributed by atoms with Crippen LogP contribution in [0.4, 0.5) is 4.79 Å². The molecule has 2 aliphatic rings. The van der Waals surface area contributed by atoms with E-state index in [1.165, 1.54) is 16.4 Å². The van der Waals surface area contributed by atoms with Gasteiger partial charge in [-0.15, -0.1) is 10.2 Å². The zero-order valence-electron chi connectivity index (χ0n) is 17.1. The van der Waals surface area contributed by atoms with Crippen molar-refractivity contribution >= 4 is 32.9 Å². The molecule has 2 aliphatic carbocycles. The van der Waals surface area contributed by atoms with Crippen LogP contribution in [0.1, 0.15) is 30.1 Å². The second kappa shape index (κ2) is 6.52. The predicted molar refractivity (Wildman–Crippen MR) is 114 cm³/mol. The van der Waals surface area contributed by atoms with Crippen LogP contribution < -0.4 is 5.32 Å². The molecule has 10 nitrogen and oxygen atoms in total. The summed E-state index contributed by atoms with van der Waals surface area (Å²) in [5.74, 6) is 1.43. The van der Waals surface area contributed by atoms with Crippen LogP contribution in [0.25, 0.3) is 16.8 Å². The van der Waals surface area contributed by atoms with Crippen molar-refractivity contribution in [2.45, 2.75) is 36.6 Å². The lowest BCUT2D eigenvalue weighted by Crippen LogP contribution is -2.34. The van der Waals surface area contributed by atoms with Gasteiger partial charge in [0.05, 0.1) is 16.6 Å². The van der Waals surface area contributed by atoms with E-state index in [2.05, 4.69) is 20.5 Å². The number of aromatic nitrogens is 5. The number of carboxylic acid groups (broad SMARTS) is 1. The van der Waals surface area contributed by atoms with Gasteiger partial charge in [0.15, 0.2) is 11.3 Å². The van der Waals surface area contributed by atoms with Crippen molar-refractivity contribution < 1.29 is 18.3 Å². The zero-order chi connectivity index (χ0) is 22.2. The highest BCUT2D eigenvalue weighted by molar-refractivity contribution is 7.90. The highest BCUT2D eigenvalue weighted by atomic mass is 32.2. The number of carbonyl (C=O) groups is 1. The SMILES string of the molecule is Cc1ccc(S(=O)(=O)n2ccc3c2ncc2nnc([C@H]4C[C@@H](NC(=O)O)[C@H]5C[C@H]54)n23)cc1. The number of nitrogens with one attached hydrogen (secondary N) is 1. The first kappa shape index (κ1) is 19.2. The third-order valence-corrected chi connectivity index (χ3v) is 8.39. The summed E-state index contributed by atoms with van der Waals surface area (Å²) in [5.41, 5.74) is 2.40. The standard InChI is InChI=1S/C21H20N6O4S/c1-11-2-4-12(5-3-11)32(30,31)26-7-6-17-20(26)22-10-18-24-25-19(27(17)18)15-9-16(23-21(28)29)14-8-13(14)15/h2-7,10,13-16,23H,8-9H2,1H3,(H,28,29)/t13-,14+,15+,16-/m1/s1. The van der Waals surface area contributed by atoms with E-state index in [1.54, 1.807) is 30.3 Å². The molecule has 2 saturated carbocycles. The molecule has 0 spiro atoms. The van der Waals surface area contributed by atoms with Crippen molar-refractivity contribution in [2.75, 3.05) is 0 Å². The Morgan fingerprint density at radius 1 is 1.12 bits per heavy atom. The minimum atomic E-state index is -3.82. The summed E-state index contributed by atoms with van der Waals surface area (Å²) in [5, 5.41) is 20.4. The molecule has 3 aromatic heterocycles. The Morgan fingerprint density at radius 2 is 1.91 bits per heavy atom. The van der Waals surface area contributed by atoms with Gasteiger partial charge in [0, 0.05) is 18.2 Å².